The maximum Gasteiger partial charge on any atom is 0.161 e. The van der Waals surface area contributed by atoms with Gasteiger partial charge in [0, 0.05) is 29.6 Å². The van der Waals surface area contributed by atoms with Gasteiger partial charge in [-0.1, -0.05) is 27.7 Å². The first-order valence-corrected chi connectivity index (χ1v) is 20.5. The van der Waals surface area contributed by atoms with Gasteiger partial charge in [-0.05, 0) is 148 Å². The zero-order chi connectivity index (χ0) is 36.9. The molecule has 0 bridgehead atoms. The Bertz CT molecular complexity index is 1390. The number of Topliss-reactive ketones (excluding diaryl/α,β-unsaturated/α-hetero) is 3. The summed E-state index contributed by atoms with van der Waals surface area (Å²) in [5.74, 6) is 1.06. The standard InChI is InChI=1S/C21H33FO4.C21H32O4/c1-19-10-18(26)21(22)15(14(19)5-6-16(19)17(25)11-23)4-3-12-9-13(24)7-8-20(12,21)2;1-20-8-7-13(23)9-12(20)3-4-14-15-5-6-16(18(25)11-22)21(15,2)10-17(24)19(14)20/h12-16,18,23-24,26H,3-11H2,1-2H3;12-16,19,22-23H,3-11H2,1-2H3/t12-,13+,14+,15+,16-,18-,19+,20+,21+;12-,13-,14+,15+,16-,19-,20+,21+/m11/s1. The number of fused-ring (bicyclic) bond motifs is 10. The van der Waals surface area contributed by atoms with Gasteiger partial charge in [-0.15, -0.1) is 0 Å². The van der Waals surface area contributed by atoms with Crippen molar-refractivity contribution in [3.63, 3.8) is 0 Å². The number of alkyl halides is 1. The van der Waals surface area contributed by atoms with E-state index < -0.39 is 35.8 Å². The highest BCUT2D eigenvalue weighted by Gasteiger charge is 2.72. The highest BCUT2D eigenvalue weighted by molar-refractivity contribution is 5.88. The minimum absolute atomic E-state index is 0.0274. The van der Waals surface area contributed by atoms with Crippen LogP contribution in [0, 0.1) is 74.9 Å². The summed E-state index contributed by atoms with van der Waals surface area (Å²) in [6, 6.07) is 0. The summed E-state index contributed by atoms with van der Waals surface area (Å²) in [7, 11) is 0. The maximum atomic E-state index is 16.8. The van der Waals surface area contributed by atoms with E-state index in [9.17, 15) is 39.9 Å². The molecule has 288 valence electrons. The summed E-state index contributed by atoms with van der Waals surface area (Å²) in [5.41, 5.74) is -2.89. The number of hydrogen-bond acceptors (Lipinski definition) is 8. The van der Waals surface area contributed by atoms with Gasteiger partial charge in [0.15, 0.2) is 11.6 Å². The van der Waals surface area contributed by atoms with Crippen LogP contribution in [0.4, 0.5) is 4.39 Å². The Morgan fingerprint density at radius 2 is 1.22 bits per heavy atom. The molecule has 0 spiro atoms. The molecule has 0 unspecified atom stereocenters. The Kier molecular flexibility index (Phi) is 9.84. The first-order chi connectivity index (χ1) is 24.0. The van der Waals surface area contributed by atoms with Crippen molar-refractivity contribution in [2.75, 3.05) is 13.2 Å². The lowest BCUT2D eigenvalue weighted by atomic mass is 9.42. The zero-order valence-electron chi connectivity index (χ0n) is 31.5. The molecule has 0 saturated heterocycles. The lowest BCUT2D eigenvalue weighted by molar-refractivity contribution is -0.249. The number of ketones is 3. The number of carbonyl (C=O) groups excluding carboxylic acids is 3. The third-order valence-corrected chi connectivity index (χ3v) is 18.1. The Morgan fingerprint density at radius 3 is 1.86 bits per heavy atom. The van der Waals surface area contributed by atoms with Crippen LogP contribution in [-0.4, -0.2) is 80.1 Å². The number of carbonyl (C=O) groups is 3. The lowest BCUT2D eigenvalue weighted by Gasteiger charge is -2.65. The van der Waals surface area contributed by atoms with Gasteiger partial charge in [-0.25, -0.2) is 4.39 Å². The molecule has 8 fully saturated rings. The van der Waals surface area contributed by atoms with E-state index in [2.05, 4.69) is 13.8 Å². The topological polar surface area (TPSA) is 152 Å². The SMILES string of the molecule is C[C@]12CC[C@@H](O)C[C@H]1CC[C@H]1[C@@H]3CC[C@H](C(=O)CO)[C@@]3(C)CC(=O)[C@@H]12.C[C@]12C[C@@H](O)[C@@]3(F)[C@@H](CC[C@@H]4C[C@@H](O)CC[C@@]43C)[C@@H]1CC[C@@H]2C(=O)CO. The van der Waals surface area contributed by atoms with E-state index in [0.717, 1.165) is 64.2 Å². The van der Waals surface area contributed by atoms with Crippen LogP contribution < -0.4 is 0 Å². The fraction of sp³-hybridized carbons (Fsp3) is 0.929. The fourth-order valence-corrected chi connectivity index (χ4v) is 15.6. The van der Waals surface area contributed by atoms with Gasteiger partial charge in [0.2, 0.25) is 0 Å². The number of aliphatic hydroxyl groups excluding tert-OH is 5. The predicted octanol–water partition coefficient (Wildman–Crippen LogP) is 5.38. The second-order valence-corrected chi connectivity index (χ2v) is 19.9. The Labute approximate surface area is 303 Å². The largest absolute Gasteiger partial charge is 0.393 e. The average Bonchev–Trinajstić information content (AvgIpc) is 3.61. The lowest BCUT2D eigenvalue weighted by Crippen LogP contribution is -2.69. The van der Waals surface area contributed by atoms with Crippen LogP contribution in [0.3, 0.4) is 0 Å². The van der Waals surface area contributed by atoms with E-state index in [-0.39, 0.29) is 70.1 Å². The molecule has 0 aromatic carbocycles. The highest BCUT2D eigenvalue weighted by atomic mass is 19.1. The Hall–Kier alpha value is -1.26. The molecule has 0 aromatic heterocycles. The van der Waals surface area contributed by atoms with E-state index in [1.165, 1.54) is 0 Å². The van der Waals surface area contributed by atoms with Crippen molar-refractivity contribution in [3.05, 3.63) is 0 Å². The molecule has 8 nitrogen and oxygen atoms in total. The first kappa shape index (κ1) is 38.0. The molecule has 0 aromatic rings. The van der Waals surface area contributed by atoms with Gasteiger partial charge in [0.25, 0.3) is 0 Å². The van der Waals surface area contributed by atoms with Crippen LogP contribution in [0.5, 0.6) is 0 Å². The number of halogens is 1. The molecule has 0 amide bonds. The molecular weight excluding hydrogens is 651 g/mol. The van der Waals surface area contributed by atoms with Gasteiger partial charge >= 0.3 is 0 Å². The third kappa shape index (κ3) is 5.45. The zero-order valence-corrected chi connectivity index (χ0v) is 31.5. The van der Waals surface area contributed by atoms with Gasteiger partial charge in [-0.2, -0.15) is 0 Å². The van der Waals surface area contributed by atoms with E-state index in [1.807, 2.05) is 13.8 Å². The van der Waals surface area contributed by atoms with Crippen LogP contribution >= 0.6 is 0 Å². The Balaban J connectivity index is 0.000000159. The van der Waals surface area contributed by atoms with Gasteiger partial charge < -0.3 is 25.5 Å². The summed E-state index contributed by atoms with van der Waals surface area (Å²) in [6.07, 6.45) is 10.8. The molecule has 5 N–H and O–H groups in total. The van der Waals surface area contributed by atoms with E-state index in [4.69, 9.17) is 0 Å². The molecule has 17 atom stereocenters. The highest BCUT2D eigenvalue weighted by Crippen LogP contribution is 2.71. The van der Waals surface area contributed by atoms with Crippen molar-refractivity contribution in [2.45, 2.75) is 154 Å². The Morgan fingerprint density at radius 1 is 0.667 bits per heavy atom. The molecule has 8 saturated carbocycles. The van der Waals surface area contributed by atoms with Crippen molar-refractivity contribution in [3.8, 4) is 0 Å². The minimum Gasteiger partial charge on any atom is -0.393 e. The molecule has 0 heterocycles. The van der Waals surface area contributed by atoms with Crippen LogP contribution in [0.1, 0.15) is 130 Å². The van der Waals surface area contributed by atoms with Crippen LogP contribution in [0.15, 0.2) is 0 Å². The number of aliphatic hydroxyl groups is 5. The van der Waals surface area contributed by atoms with Gasteiger partial charge in [0.1, 0.15) is 24.7 Å². The second kappa shape index (κ2) is 13.2. The molecule has 9 heteroatoms. The fourth-order valence-electron chi connectivity index (χ4n) is 15.6. The predicted molar refractivity (Wildman–Crippen MR) is 189 cm³/mol. The maximum absolute atomic E-state index is 16.8. The number of hydrogen-bond donors (Lipinski definition) is 5. The molecule has 0 aliphatic heterocycles. The summed E-state index contributed by atoms with van der Waals surface area (Å²) in [4.78, 5) is 37.9. The van der Waals surface area contributed by atoms with Crippen LogP contribution in [0.2, 0.25) is 0 Å². The van der Waals surface area contributed by atoms with Crippen LogP contribution in [0.25, 0.3) is 0 Å². The molecule has 51 heavy (non-hydrogen) atoms. The summed E-state index contributed by atoms with van der Waals surface area (Å²) < 4.78 is 16.8. The van der Waals surface area contributed by atoms with E-state index in [0.29, 0.717) is 62.1 Å². The second-order valence-electron chi connectivity index (χ2n) is 19.9. The van der Waals surface area contributed by atoms with Crippen molar-refractivity contribution in [2.24, 2.45) is 74.9 Å². The first-order valence-electron chi connectivity index (χ1n) is 20.5. The average molecular weight is 717 g/mol. The third-order valence-electron chi connectivity index (χ3n) is 18.1. The van der Waals surface area contributed by atoms with E-state index in [1.54, 1.807) is 0 Å². The molecular formula is C42H65FO8. The van der Waals surface area contributed by atoms with E-state index >= 15 is 4.39 Å². The van der Waals surface area contributed by atoms with Crippen molar-refractivity contribution < 1.29 is 44.3 Å². The molecule has 8 rings (SSSR count). The van der Waals surface area contributed by atoms with Crippen molar-refractivity contribution in [1.29, 1.82) is 0 Å². The van der Waals surface area contributed by atoms with Crippen molar-refractivity contribution in [1.82, 2.24) is 0 Å². The molecule has 8 aliphatic carbocycles. The van der Waals surface area contributed by atoms with Gasteiger partial charge in [-0.3, -0.25) is 14.4 Å². The summed E-state index contributed by atoms with van der Waals surface area (Å²) in [6.45, 7) is 7.60. The number of rotatable bonds is 4. The quantitative estimate of drug-likeness (QED) is 0.260. The molecule has 0 radical (unpaired) electrons. The minimum atomic E-state index is -1.64. The summed E-state index contributed by atoms with van der Waals surface area (Å²) >= 11 is 0. The smallest absolute Gasteiger partial charge is 0.161 e. The summed E-state index contributed by atoms with van der Waals surface area (Å²) in [5, 5.41) is 50.0. The normalized spacial score (nSPS) is 54.4. The molecule has 8 aliphatic rings. The van der Waals surface area contributed by atoms with Gasteiger partial charge in [0.05, 0.1) is 18.3 Å². The van der Waals surface area contributed by atoms with Crippen LogP contribution in [-0.2, 0) is 14.4 Å². The monoisotopic (exact) mass is 716 g/mol. The van der Waals surface area contributed by atoms with Crippen molar-refractivity contribution >= 4 is 17.3 Å².